The summed E-state index contributed by atoms with van der Waals surface area (Å²) in [5.74, 6) is -0.108. The fraction of sp³-hybridized carbons (Fsp3) is 0.500. The number of esters is 1. The Balaban J connectivity index is 1.76. The molecule has 0 radical (unpaired) electrons. The maximum atomic E-state index is 12.7. The van der Waals surface area contributed by atoms with Crippen molar-refractivity contribution in [3.63, 3.8) is 0 Å². The number of rotatable bonds is 6. The normalized spacial score (nSPS) is 15.0. The van der Waals surface area contributed by atoms with E-state index in [2.05, 4.69) is 9.88 Å². The number of amides is 1. The van der Waals surface area contributed by atoms with Gasteiger partial charge in [-0.2, -0.15) is 0 Å². The maximum absolute atomic E-state index is 12.7. The van der Waals surface area contributed by atoms with Crippen LogP contribution in [0.2, 0.25) is 0 Å². The number of ether oxygens (including phenoxy) is 1. The summed E-state index contributed by atoms with van der Waals surface area (Å²) in [5.41, 5.74) is 3.59. The first-order valence-corrected chi connectivity index (χ1v) is 9.83. The van der Waals surface area contributed by atoms with Crippen LogP contribution >= 0.6 is 11.3 Å². The minimum absolute atomic E-state index is 0.145. The van der Waals surface area contributed by atoms with Gasteiger partial charge < -0.3 is 14.6 Å². The van der Waals surface area contributed by atoms with Gasteiger partial charge in [-0.1, -0.05) is 0 Å². The number of carbonyl (C=O) groups excluding carboxylic acids is 2. The Kier molecular flexibility index (Phi) is 5.23. The number of hydrogen-bond acceptors (Lipinski definition) is 4. The minimum atomic E-state index is -0.441. The van der Waals surface area contributed by atoms with Crippen LogP contribution in [0.3, 0.4) is 0 Å². The smallest absolute Gasteiger partial charge is 0.341 e. The maximum Gasteiger partial charge on any atom is 0.341 e. The third-order valence-electron chi connectivity index (χ3n) is 5.10. The van der Waals surface area contributed by atoms with Gasteiger partial charge in [-0.25, -0.2) is 4.79 Å². The van der Waals surface area contributed by atoms with E-state index < -0.39 is 5.97 Å². The summed E-state index contributed by atoms with van der Waals surface area (Å²) in [4.78, 5) is 25.9. The second kappa shape index (κ2) is 7.27. The monoisotopic (exact) mass is 374 g/mol. The predicted molar refractivity (Wildman–Crippen MR) is 103 cm³/mol. The van der Waals surface area contributed by atoms with Crippen LogP contribution in [0.4, 0.5) is 0 Å². The fourth-order valence-corrected chi connectivity index (χ4v) is 4.47. The van der Waals surface area contributed by atoms with Gasteiger partial charge in [0, 0.05) is 22.3 Å². The average Bonchev–Trinajstić information content (AvgIpc) is 3.33. The second-order valence-corrected chi connectivity index (χ2v) is 8.39. The minimum Gasteiger partial charge on any atom is -0.452 e. The summed E-state index contributed by atoms with van der Waals surface area (Å²) in [6.07, 6.45) is 2.32. The molecule has 0 unspecified atom stereocenters. The summed E-state index contributed by atoms with van der Waals surface area (Å²) in [6, 6.07) is 4.20. The molecule has 2 heterocycles. The first-order valence-electron chi connectivity index (χ1n) is 9.01. The lowest BCUT2D eigenvalue weighted by atomic mass is 10.1. The summed E-state index contributed by atoms with van der Waals surface area (Å²) in [5, 5.41) is 3.77. The van der Waals surface area contributed by atoms with E-state index in [1.807, 2.05) is 46.8 Å². The fourth-order valence-electron chi connectivity index (χ4n) is 3.21. The lowest BCUT2D eigenvalue weighted by Crippen LogP contribution is -2.37. The standard InChI is InChI=1S/C20H26N2O3S/c1-11-6-7-12(2)22(11)19-18(13(3)15(5)26-19)20(24)25-10-17(23)21-14(4)16-8-9-16/h6-7,14,16H,8-10H2,1-5H3,(H,21,23)/t14-/m0/s1. The zero-order chi connectivity index (χ0) is 19.0. The Morgan fingerprint density at radius 2 is 1.85 bits per heavy atom. The van der Waals surface area contributed by atoms with Gasteiger partial charge >= 0.3 is 5.97 Å². The highest BCUT2D eigenvalue weighted by Crippen LogP contribution is 2.34. The first kappa shape index (κ1) is 18.7. The van der Waals surface area contributed by atoms with Crippen molar-refractivity contribution in [3.05, 3.63) is 39.5 Å². The number of aromatic nitrogens is 1. The topological polar surface area (TPSA) is 60.3 Å². The predicted octanol–water partition coefficient (Wildman–Crippen LogP) is 3.84. The van der Waals surface area contributed by atoms with E-state index in [0.717, 1.165) is 39.7 Å². The first-order chi connectivity index (χ1) is 12.3. The third kappa shape index (κ3) is 3.70. The number of hydrogen-bond donors (Lipinski definition) is 1. The molecule has 26 heavy (non-hydrogen) atoms. The molecule has 0 aromatic carbocycles. The van der Waals surface area contributed by atoms with E-state index in [1.165, 1.54) is 0 Å². The lowest BCUT2D eigenvalue weighted by Gasteiger charge is -2.14. The van der Waals surface area contributed by atoms with E-state index in [1.54, 1.807) is 11.3 Å². The van der Waals surface area contributed by atoms with Gasteiger partial charge in [-0.15, -0.1) is 11.3 Å². The molecule has 3 rings (SSSR count). The van der Waals surface area contributed by atoms with Crippen molar-refractivity contribution in [2.24, 2.45) is 5.92 Å². The largest absolute Gasteiger partial charge is 0.452 e. The highest BCUT2D eigenvalue weighted by atomic mass is 32.1. The molecule has 1 amide bonds. The second-order valence-electron chi connectivity index (χ2n) is 7.18. The number of nitrogens with zero attached hydrogens (tertiary/aromatic N) is 1. The van der Waals surface area contributed by atoms with Crippen molar-refractivity contribution < 1.29 is 14.3 Å². The van der Waals surface area contributed by atoms with Crippen LogP contribution in [0.25, 0.3) is 5.00 Å². The molecule has 140 valence electrons. The van der Waals surface area contributed by atoms with Crippen molar-refractivity contribution in [1.29, 1.82) is 0 Å². The highest BCUT2D eigenvalue weighted by molar-refractivity contribution is 7.15. The van der Waals surface area contributed by atoms with Crippen LogP contribution in [0, 0.1) is 33.6 Å². The number of nitrogens with one attached hydrogen (secondary N) is 1. The van der Waals surface area contributed by atoms with Gasteiger partial charge in [0.2, 0.25) is 0 Å². The molecule has 2 aromatic rings. The highest BCUT2D eigenvalue weighted by Gasteiger charge is 2.29. The molecule has 0 aliphatic heterocycles. The van der Waals surface area contributed by atoms with Gasteiger partial charge in [0.15, 0.2) is 6.61 Å². The van der Waals surface area contributed by atoms with Crippen LogP contribution < -0.4 is 5.32 Å². The van der Waals surface area contributed by atoms with Crippen LogP contribution in [-0.2, 0) is 9.53 Å². The Labute approximate surface area is 158 Å². The Bertz CT molecular complexity index is 826. The summed E-state index contributed by atoms with van der Waals surface area (Å²) in [7, 11) is 0. The van der Waals surface area contributed by atoms with Crippen LogP contribution in [-0.4, -0.2) is 29.1 Å². The van der Waals surface area contributed by atoms with Crippen LogP contribution in [0.15, 0.2) is 12.1 Å². The van der Waals surface area contributed by atoms with E-state index in [0.29, 0.717) is 11.5 Å². The summed E-state index contributed by atoms with van der Waals surface area (Å²) >= 11 is 1.57. The molecule has 0 bridgehead atoms. The molecule has 1 fully saturated rings. The van der Waals surface area contributed by atoms with Crippen molar-refractivity contribution in [2.75, 3.05) is 6.61 Å². The van der Waals surface area contributed by atoms with E-state index in [4.69, 9.17) is 4.74 Å². The number of aryl methyl sites for hydroxylation is 3. The molecule has 0 saturated heterocycles. The molecule has 6 heteroatoms. The molecule has 2 aromatic heterocycles. The van der Waals surface area contributed by atoms with E-state index in [-0.39, 0.29) is 18.6 Å². The Morgan fingerprint density at radius 3 is 2.42 bits per heavy atom. The van der Waals surface area contributed by atoms with Gasteiger partial charge in [0.1, 0.15) is 5.00 Å². The van der Waals surface area contributed by atoms with Crippen molar-refractivity contribution in [1.82, 2.24) is 9.88 Å². The molecule has 1 N–H and O–H groups in total. The lowest BCUT2D eigenvalue weighted by molar-refractivity contribution is -0.124. The van der Waals surface area contributed by atoms with Gasteiger partial charge in [0.25, 0.3) is 5.91 Å². The molecular weight excluding hydrogens is 348 g/mol. The van der Waals surface area contributed by atoms with E-state index in [9.17, 15) is 9.59 Å². The summed E-state index contributed by atoms with van der Waals surface area (Å²) < 4.78 is 7.41. The van der Waals surface area contributed by atoms with Gasteiger partial charge in [0.05, 0.1) is 5.56 Å². The third-order valence-corrected chi connectivity index (χ3v) is 6.29. The molecule has 0 spiro atoms. The Hall–Kier alpha value is -2.08. The summed E-state index contributed by atoms with van der Waals surface area (Å²) in [6.45, 7) is 9.71. The van der Waals surface area contributed by atoms with Gasteiger partial charge in [-0.3, -0.25) is 4.79 Å². The van der Waals surface area contributed by atoms with Crippen LogP contribution in [0.1, 0.15) is 52.0 Å². The van der Waals surface area contributed by atoms with Crippen molar-refractivity contribution in [2.45, 2.75) is 53.5 Å². The van der Waals surface area contributed by atoms with Crippen molar-refractivity contribution in [3.8, 4) is 5.00 Å². The Morgan fingerprint density at radius 1 is 1.23 bits per heavy atom. The molecule has 1 saturated carbocycles. The van der Waals surface area contributed by atoms with Crippen LogP contribution in [0.5, 0.6) is 0 Å². The number of carbonyl (C=O) groups is 2. The SMILES string of the molecule is Cc1sc(-n2c(C)ccc2C)c(C(=O)OCC(=O)N[C@@H](C)C2CC2)c1C. The quantitative estimate of drug-likeness (QED) is 0.782. The average molecular weight is 375 g/mol. The van der Waals surface area contributed by atoms with Gasteiger partial charge in [-0.05, 0) is 71.1 Å². The zero-order valence-corrected chi connectivity index (χ0v) is 16.8. The molecular formula is C20H26N2O3S. The molecule has 5 nitrogen and oxygen atoms in total. The molecule has 1 aliphatic rings. The molecule has 1 aliphatic carbocycles. The van der Waals surface area contributed by atoms with Crippen molar-refractivity contribution >= 4 is 23.2 Å². The molecule has 1 atom stereocenters. The van der Waals surface area contributed by atoms with E-state index >= 15 is 0 Å². The number of thiophene rings is 1. The zero-order valence-electron chi connectivity index (χ0n) is 16.0.